The molecule has 0 N–H and O–H groups in total. The number of para-hydroxylation sites is 3. The van der Waals surface area contributed by atoms with E-state index in [-0.39, 0.29) is 0 Å². The topological polar surface area (TPSA) is 66.6 Å². The molecule has 0 amide bonds. The van der Waals surface area contributed by atoms with Crippen LogP contribution in [0.25, 0.3) is 11.5 Å². The third kappa shape index (κ3) is 4.49. The van der Waals surface area contributed by atoms with Gasteiger partial charge < -0.3 is 18.6 Å². The lowest BCUT2D eigenvalue weighted by Gasteiger charge is -2.09. The highest BCUT2D eigenvalue weighted by Crippen LogP contribution is 2.31. The lowest BCUT2D eigenvalue weighted by Crippen LogP contribution is -2.01. The maximum Gasteiger partial charge on any atom is 0.276 e. The number of nitrogens with zero attached hydrogens (tertiary/aromatic N) is 2. The third-order valence-electron chi connectivity index (χ3n) is 3.46. The smallest absolute Gasteiger partial charge is 0.276 e. The van der Waals surface area contributed by atoms with Crippen molar-refractivity contribution in [3.63, 3.8) is 0 Å². The predicted octanol–water partition coefficient (Wildman–Crippen LogP) is 4.32. The summed E-state index contributed by atoms with van der Waals surface area (Å²) in [5.41, 5.74) is 0.791. The Balaban J connectivity index is 1.56. The van der Waals surface area contributed by atoms with E-state index < -0.39 is 0 Å². The summed E-state index contributed by atoms with van der Waals surface area (Å²) in [5, 5.41) is 8.69. The molecule has 0 atom stereocenters. The molecule has 1 heterocycles. The highest BCUT2D eigenvalue weighted by Gasteiger charge is 2.13. The molecule has 0 radical (unpaired) electrons. The molecule has 0 unspecified atom stereocenters. The van der Waals surface area contributed by atoms with Gasteiger partial charge in [0.05, 0.1) is 25.9 Å². The fourth-order valence-electron chi connectivity index (χ4n) is 2.32. The summed E-state index contributed by atoms with van der Waals surface area (Å²) >= 11 is 1.44. The Labute approximate surface area is 156 Å². The van der Waals surface area contributed by atoms with Crippen LogP contribution < -0.4 is 14.2 Å². The average Bonchev–Trinajstić information content (AvgIpc) is 3.15. The zero-order valence-corrected chi connectivity index (χ0v) is 15.5. The van der Waals surface area contributed by atoms with Gasteiger partial charge in [0.1, 0.15) is 5.75 Å². The molecule has 3 rings (SSSR count). The Bertz CT molecular complexity index is 838. The van der Waals surface area contributed by atoms with E-state index in [1.165, 1.54) is 11.8 Å². The van der Waals surface area contributed by atoms with E-state index in [9.17, 15) is 0 Å². The van der Waals surface area contributed by atoms with Crippen molar-refractivity contribution in [1.29, 1.82) is 0 Å². The number of hydrogen-bond acceptors (Lipinski definition) is 7. The zero-order chi connectivity index (χ0) is 18.2. The van der Waals surface area contributed by atoms with Crippen molar-refractivity contribution in [2.24, 2.45) is 0 Å². The highest BCUT2D eigenvalue weighted by molar-refractivity contribution is 7.99. The highest BCUT2D eigenvalue weighted by atomic mass is 32.2. The molecule has 0 fully saturated rings. The zero-order valence-electron chi connectivity index (χ0n) is 14.7. The van der Waals surface area contributed by atoms with E-state index in [1.807, 2.05) is 55.5 Å². The molecule has 0 aliphatic heterocycles. The summed E-state index contributed by atoms with van der Waals surface area (Å²) in [7, 11) is 1.62. The van der Waals surface area contributed by atoms with E-state index >= 15 is 0 Å². The lowest BCUT2D eigenvalue weighted by atomic mass is 10.2. The van der Waals surface area contributed by atoms with Crippen molar-refractivity contribution in [2.45, 2.75) is 12.1 Å². The number of aromatic nitrogens is 2. The SMILES string of the molecule is CCOc1ccccc1-c1nnc(SCCOc2ccccc2OC)o1. The van der Waals surface area contributed by atoms with Crippen LogP contribution in [0.4, 0.5) is 0 Å². The lowest BCUT2D eigenvalue weighted by molar-refractivity contribution is 0.313. The summed E-state index contributed by atoms with van der Waals surface area (Å²) < 4.78 is 22.3. The fourth-order valence-corrected chi connectivity index (χ4v) is 2.90. The normalized spacial score (nSPS) is 10.5. The van der Waals surface area contributed by atoms with Crippen LogP contribution in [0.2, 0.25) is 0 Å². The van der Waals surface area contributed by atoms with Gasteiger partial charge in [0.2, 0.25) is 0 Å². The first-order chi connectivity index (χ1) is 12.8. The maximum absolute atomic E-state index is 5.74. The van der Waals surface area contributed by atoms with Gasteiger partial charge in [-0.3, -0.25) is 0 Å². The maximum atomic E-state index is 5.74. The first-order valence-corrected chi connectivity index (χ1v) is 9.24. The average molecular weight is 372 g/mol. The molecule has 3 aromatic rings. The third-order valence-corrected chi connectivity index (χ3v) is 4.24. The van der Waals surface area contributed by atoms with Gasteiger partial charge in [-0.15, -0.1) is 10.2 Å². The summed E-state index contributed by atoms with van der Waals surface area (Å²) in [6.07, 6.45) is 0. The molecule has 0 spiro atoms. The van der Waals surface area contributed by atoms with Crippen LogP contribution in [0.5, 0.6) is 17.2 Å². The summed E-state index contributed by atoms with van der Waals surface area (Å²) in [5.74, 6) is 3.28. The number of benzene rings is 2. The van der Waals surface area contributed by atoms with E-state index in [1.54, 1.807) is 7.11 Å². The number of ether oxygens (including phenoxy) is 3. The number of rotatable bonds is 9. The van der Waals surface area contributed by atoms with Gasteiger partial charge in [0.25, 0.3) is 11.1 Å². The quantitative estimate of drug-likeness (QED) is 0.409. The van der Waals surface area contributed by atoms with Crippen molar-refractivity contribution in [1.82, 2.24) is 10.2 Å². The molecule has 7 heteroatoms. The van der Waals surface area contributed by atoms with Crippen LogP contribution in [-0.2, 0) is 0 Å². The van der Waals surface area contributed by atoms with E-state index in [0.29, 0.717) is 41.6 Å². The minimum absolute atomic E-state index is 0.446. The number of methoxy groups -OCH3 is 1. The Morgan fingerprint density at radius 2 is 1.65 bits per heavy atom. The molecule has 6 nitrogen and oxygen atoms in total. The van der Waals surface area contributed by atoms with Crippen LogP contribution in [0, 0.1) is 0 Å². The van der Waals surface area contributed by atoms with Crippen molar-refractivity contribution < 1.29 is 18.6 Å². The van der Waals surface area contributed by atoms with E-state index in [4.69, 9.17) is 18.6 Å². The first-order valence-electron chi connectivity index (χ1n) is 8.26. The van der Waals surface area contributed by atoms with Gasteiger partial charge >= 0.3 is 0 Å². The number of thioether (sulfide) groups is 1. The second-order valence-electron chi connectivity index (χ2n) is 5.15. The minimum atomic E-state index is 0.446. The summed E-state index contributed by atoms with van der Waals surface area (Å²) in [4.78, 5) is 0. The largest absolute Gasteiger partial charge is 0.493 e. The Hall–Kier alpha value is -2.67. The molecule has 0 aliphatic carbocycles. The van der Waals surface area contributed by atoms with Crippen LogP contribution in [0.3, 0.4) is 0 Å². The molecule has 26 heavy (non-hydrogen) atoms. The second kappa shape index (κ2) is 9.15. The van der Waals surface area contributed by atoms with Crippen molar-refractivity contribution in [3.8, 4) is 28.7 Å². The van der Waals surface area contributed by atoms with E-state index in [2.05, 4.69) is 10.2 Å². The molecule has 0 saturated heterocycles. The Kier molecular flexibility index (Phi) is 6.38. The standard InChI is InChI=1S/C19H20N2O4S/c1-3-23-15-9-5-4-8-14(15)18-20-21-19(25-18)26-13-12-24-17-11-7-6-10-16(17)22-2/h4-11H,3,12-13H2,1-2H3. The van der Waals surface area contributed by atoms with Crippen LogP contribution in [0.15, 0.2) is 58.2 Å². The van der Waals surface area contributed by atoms with Crippen LogP contribution >= 0.6 is 11.8 Å². The molecular weight excluding hydrogens is 352 g/mol. The van der Waals surface area contributed by atoms with Crippen molar-refractivity contribution in [2.75, 3.05) is 26.1 Å². The van der Waals surface area contributed by atoms with E-state index in [0.717, 1.165) is 11.3 Å². The van der Waals surface area contributed by atoms with Gasteiger partial charge in [-0.1, -0.05) is 36.0 Å². The Morgan fingerprint density at radius 1 is 0.923 bits per heavy atom. The summed E-state index contributed by atoms with van der Waals surface area (Å²) in [6.45, 7) is 3.01. The number of hydrogen-bond donors (Lipinski definition) is 0. The fraction of sp³-hybridized carbons (Fsp3) is 0.263. The van der Waals surface area contributed by atoms with Gasteiger partial charge in [-0.25, -0.2) is 0 Å². The van der Waals surface area contributed by atoms with Gasteiger partial charge in [-0.2, -0.15) is 0 Å². The molecule has 0 aliphatic rings. The van der Waals surface area contributed by atoms with Gasteiger partial charge in [-0.05, 0) is 31.2 Å². The van der Waals surface area contributed by atoms with Crippen LogP contribution in [0.1, 0.15) is 6.92 Å². The Morgan fingerprint density at radius 3 is 2.42 bits per heavy atom. The molecule has 2 aromatic carbocycles. The first kappa shape index (κ1) is 18.1. The van der Waals surface area contributed by atoms with Gasteiger partial charge in [0, 0.05) is 5.75 Å². The molecule has 1 aromatic heterocycles. The molecule has 0 saturated carbocycles. The molecule has 136 valence electrons. The molecule has 0 bridgehead atoms. The second-order valence-corrected chi connectivity index (χ2v) is 6.20. The molecular formula is C19H20N2O4S. The van der Waals surface area contributed by atoms with Gasteiger partial charge in [0.15, 0.2) is 11.5 Å². The predicted molar refractivity (Wildman–Crippen MR) is 100 cm³/mol. The van der Waals surface area contributed by atoms with Crippen molar-refractivity contribution >= 4 is 11.8 Å². The van der Waals surface area contributed by atoms with Crippen molar-refractivity contribution in [3.05, 3.63) is 48.5 Å². The minimum Gasteiger partial charge on any atom is -0.493 e. The summed E-state index contributed by atoms with van der Waals surface area (Å²) in [6, 6.07) is 15.2. The van der Waals surface area contributed by atoms with Crippen LogP contribution in [-0.4, -0.2) is 36.3 Å². The monoisotopic (exact) mass is 372 g/mol.